The molecule has 0 saturated heterocycles. The van der Waals surface area contributed by atoms with Gasteiger partial charge in [0.15, 0.2) is 0 Å². The van der Waals surface area contributed by atoms with E-state index in [2.05, 4.69) is 0 Å². The van der Waals surface area contributed by atoms with Crippen LogP contribution in [-0.2, 0) is 6.42 Å². The molecule has 0 fully saturated rings. The minimum absolute atomic E-state index is 0.0144. The van der Waals surface area contributed by atoms with Crippen LogP contribution in [0.5, 0.6) is 0 Å². The molecule has 1 aromatic rings. The Morgan fingerprint density at radius 1 is 1.55 bits per heavy atom. The highest BCUT2D eigenvalue weighted by molar-refractivity contribution is 5.06. The van der Waals surface area contributed by atoms with Crippen LogP contribution >= 0.6 is 0 Å². The molecule has 1 atom stereocenters. The molecule has 0 spiro atoms. The van der Waals surface area contributed by atoms with Gasteiger partial charge in [0.2, 0.25) is 0 Å². The number of furan rings is 1. The third-order valence-corrected chi connectivity index (χ3v) is 1.56. The molecule has 62 valence electrons. The maximum atomic E-state index is 5.63. The summed E-state index contributed by atoms with van der Waals surface area (Å²) in [6.45, 7) is 2.41. The number of aryl methyl sites for hydroxylation is 1. The summed E-state index contributed by atoms with van der Waals surface area (Å²) < 4.78 is 5.32. The fourth-order valence-electron chi connectivity index (χ4n) is 0.937. The molecule has 0 aromatic carbocycles. The first-order valence-corrected chi connectivity index (χ1v) is 3.73. The van der Waals surface area contributed by atoms with E-state index in [9.17, 15) is 0 Å². The molecule has 1 heterocycles. The summed E-state index contributed by atoms with van der Waals surface area (Å²) in [7, 11) is 0. The normalized spacial score (nSPS) is 13.4. The molecule has 0 saturated carbocycles. The standard InChI is InChI=1S/C8H14N2O/c1-6-2-3-8(11-6)4-7(10)5-9/h2-3,7H,4-5,9-10H2,1H3. The zero-order valence-electron chi connectivity index (χ0n) is 6.71. The van der Waals surface area contributed by atoms with Crippen molar-refractivity contribution in [2.45, 2.75) is 19.4 Å². The number of nitrogens with two attached hydrogens (primary N) is 2. The van der Waals surface area contributed by atoms with Gasteiger partial charge in [-0.2, -0.15) is 0 Å². The number of hydrogen-bond acceptors (Lipinski definition) is 3. The lowest BCUT2D eigenvalue weighted by atomic mass is 10.2. The second-order valence-corrected chi connectivity index (χ2v) is 2.71. The van der Waals surface area contributed by atoms with E-state index in [4.69, 9.17) is 15.9 Å². The molecular weight excluding hydrogens is 140 g/mol. The van der Waals surface area contributed by atoms with E-state index in [1.807, 2.05) is 19.1 Å². The van der Waals surface area contributed by atoms with Crippen molar-refractivity contribution in [2.75, 3.05) is 6.54 Å². The lowest BCUT2D eigenvalue weighted by molar-refractivity contribution is 0.464. The Morgan fingerprint density at radius 2 is 2.27 bits per heavy atom. The molecule has 4 N–H and O–H groups in total. The van der Waals surface area contributed by atoms with Crippen molar-refractivity contribution in [2.24, 2.45) is 11.5 Å². The van der Waals surface area contributed by atoms with Gasteiger partial charge in [0.25, 0.3) is 0 Å². The predicted octanol–water partition coefficient (Wildman–Crippen LogP) is 0.417. The maximum Gasteiger partial charge on any atom is 0.105 e. The lowest BCUT2D eigenvalue weighted by Gasteiger charge is -2.04. The molecule has 1 rings (SSSR count). The zero-order chi connectivity index (χ0) is 8.27. The van der Waals surface area contributed by atoms with E-state index in [0.29, 0.717) is 6.54 Å². The van der Waals surface area contributed by atoms with Gasteiger partial charge in [-0.15, -0.1) is 0 Å². The fourth-order valence-corrected chi connectivity index (χ4v) is 0.937. The van der Waals surface area contributed by atoms with Crippen LogP contribution in [0.25, 0.3) is 0 Å². The van der Waals surface area contributed by atoms with Crippen LogP contribution in [0.2, 0.25) is 0 Å². The quantitative estimate of drug-likeness (QED) is 0.663. The van der Waals surface area contributed by atoms with Crippen molar-refractivity contribution < 1.29 is 4.42 Å². The van der Waals surface area contributed by atoms with E-state index in [1.54, 1.807) is 0 Å². The van der Waals surface area contributed by atoms with Gasteiger partial charge in [0, 0.05) is 19.0 Å². The molecule has 0 aliphatic heterocycles. The molecule has 0 aliphatic carbocycles. The average Bonchev–Trinajstić information content (AvgIpc) is 2.35. The SMILES string of the molecule is Cc1ccc(CC(N)CN)o1. The summed E-state index contributed by atoms with van der Waals surface area (Å²) in [5.74, 6) is 1.84. The third kappa shape index (κ3) is 2.37. The first-order chi connectivity index (χ1) is 5.22. The second kappa shape index (κ2) is 3.55. The van der Waals surface area contributed by atoms with E-state index < -0.39 is 0 Å². The second-order valence-electron chi connectivity index (χ2n) is 2.71. The van der Waals surface area contributed by atoms with Gasteiger partial charge in [-0.25, -0.2) is 0 Å². The fraction of sp³-hybridized carbons (Fsp3) is 0.500. The Kier molecular flexibility index (Phi) is 2.68. The summed E-state index contributed by atoms with van der Waals surface area (Å²) in [6.07, 6.45) is 0.727. The minimum atomic E-state index is 0.0144. The number of rotatable bonds is 3. The van der Waals surface area contributed by atoms with Crippen LogP contribution in [0, 0.1) is 6.92 Å². The summed E-state index contributed by atoms with van der Waals surface area (Å²) in [5, 5.41) is 0. The minimum Gasteiger partial charge on any atom is -0.466 e. The predicted molar refractivity (Wildman–Crippen MR) is 44.2 cm³/mol. The molecule has 0 amide bonds. The van der Waals surface area contributed by atoms with Crippen LogP contribution < -0.4 is 11.5 Å². The van der Waals surface area contributed by atoms with Crippen molar-refractivity contribution in [3.63, 3.8) is 0 Å². The third-order valence-electron chi connectivity index (χ3n) is 1.56. The highest BCUT2D eigenvalue weighted by Gasteiger charge is 2.03. The van der Waals surface area contributed by atoms with Crippen molar-refractivity contribution in [3.05, 3.63) is 23.7 Å². The van der Waals surface area contributed by atoms with Crippen molar-refractivity contribution in [3.8, 4) is 0 Å². The van der Waals surface area contributed by atoms with E-state index in [1.165, 1.54) is 0 Å². The molecule has 1 unspecified atom stereocenters. The summed E-state index contributed by atoms with van der Waals surface area (Å²) in [4.78, 5) is 0. The molecule has 3 heteroatoms. The Hall–Kier alpha value is -0.800. The van der Waals surface area contributed by atoms with Crippen LogP contribution in [0.3, 0.4) is 0 Å². The average molecular weight is 154 g/mol. The van der Waals surface area contributed by atoms with E-state index >= 15 is 0 Å². The Balaban J connectivity index is 2.50. The van der Waals surface area contributed by atoms with Gasteiger partial charge in [-0.1, -0.05) is 0 Å². The molecule has 0 aliphatic rings. The van der Waals surface area contributed by atoms with Gasteiger partial charge in [0.05, 0.1) is 0 Å². The van der Waals surface area contributed by atoms with E-state index in [0.717, 1.165) is 17.9 Å². The molecule has 1 aromatic heterocycles. The highest BCUT2D eigenvalue weighted by Crippen LogP contribution is 2.07. The first kappa shape index (κ1) is 8.30. The molecule has 0 bridgehead atoms. The topological polar surface area (TPSA) is 65.2 Å². The Labute approximate surface area is 66.4 Å². The van der Waals surface area contributed by atoms with Gasteiger partial charge in [-0.3, -0.25) is 0 Å². The van der Waals surface area contributed by atoms with Crippen LogP contribution in [0.15, 0.2) is 16.5 Å². The van der Waals surface area contributed by atoms with Crippen molar-refractivity contribution in [1.82, 2.24) is 0 Å². The van der Waals surface area contributed by atoms with Gasteiger partial charge in [-0.05, 0) is 19.1 Å². The summed E-state index contributed by atoms with van der Waals surface area (Å²) >= 11 is 0. The Bertz CT molecular complexity index is 220. The van der Waals surface area contributed by atoms with Crippen LogP contribution in [-0.4, -0.2) is 12.6 Å². The molecular formula is C8H14N2O. The zero-order valence-corrected chi connectivity index (χ0v) is 6.71. The van der Waals surface area contributed by atoms with Crippen molar-refractivity contribution in [1.29, 1.82) is 0 Å². The van der Waals surface area contributed by atoms with Crippen molar-refractivity contribution >= 4 is 0 Å². The summed E-state index contributed by atoms with van der Waals surface area (Å²) in [6, 6.07) is 3.88. The van der Waals surface area contributed by atoms with Gasteiger partial charge >= 0.3 is 0 Å². The van der Waals surface area contributed by atoms with E-state index in [-0.39, 0.29) is 6.04 Å². The van der Waals surface area contributed by atoms with Crippen LogP contribution in [0.1, 0.15) is 11.5 Å². The first-order valence-electron chi connectivity index (χ1n) is 3.73. The number of hydrogen-bond donors (Lipinski definition) is 2. The maximum absolute atomic E-state index is 5.63. The largest absolute Gasteiger partial charge is 0.466 e. The monoisotopic (exact) mass is 154 g/mol. The molecule has 3 nitrogen and oxygen atoms in total. The Morgan fingerprint density at radius 3 is 2.73 bits per heavy atom. The van der Waals surface area contributed by atoms with Gasteiger partial charge < -0.3 is 15.9 Å². The molecule has 0 radical (unpaired) electrons. The summed E-state index contributed by atoms with van der Waals surface area (Å²) in [5.41, 5.74) is 11.0. The smallest absolute Gasteiger partial charge is 0.105 e. The lowest BCUT2D eigenvalue weighted by Crippen LogP contribution is -2.31. The van der Waals surface area contributed by atoms with Crippen LogP contribution in [0.4, 0.5) is 0 Å². The highest BCUT2D eigenvalue weighted by atomic mass is 16.3. The molecule has 11 heavy (non-hydrogen) atoms. The van der Waals surface area contributed by atoms with Gasteiger partial charge in [0.1, 0.15) is 11.5 Å².